The summed E-state index contributed by atoms with van der Waals surface area (Å²) in [5, 5.41) is 5.61. The lowest BCUT2D eigenvalue weighted by molar-refractivity contribution is -0.121. The fourth-order valence-corrected chi connectivity index (χ4v) is 3.69. The summed E-state index contributed by atoms with van der Waals surface area (Å²) in [6.07, 6.45) is 3.33. The molecule has 4 rings (SSSR count). The summed E-state index contributed by atoms with van der Waals surface area (Å²) in [7, 11) is 0. The molecule has 2 aromatic carbocycles. The minimum atomic E-state index is -0.444. The van der Waals surface area contributed by atoms with Crippen molar-refractivity contribution in [3.63, 3.8) is 0 Å². The summed E-state index contributed by atoms with van der Waals surface area (Å²) in [4.78, 5) is 29.3. The van der Waals surface area contributed by atoms with E-state index in [1.807, 2.05) is 44.2 Å². The van der Waals surface area contributed by atoms with E-state index in [2.05, 4.69) is 15.6 Å². The van der Waals surface area contributed by atoms with Gasteiger partial charge in [-0.1, -0.05) is 24.3 Å². The molecule has 0 radical (unpaired) electrons. The Morgan fingerprint density at radius 3 is 2.55 bits per heavy atom. The molecule has 0 spiro atoms. The van der Waals surface area contributed by atoms with Gasteiger partial charge in [0.05, 0.1) is 0 Å². The van der Waals surface area contributed by atoms with Gasteiger partial charge in [-0.2, -0.15) is 0 Å². The van der Waals surface area contributed by atoms with Gasteiger partial charge in [0.1, 0.15) is 5.82 Å². The van der Waals surface area contributed by atoms with Crippen LogP contribution < -0.4 is 10.6 Å². The third-order valence-electron chi connectivity index (χ3n) is 5.40. The second-order valence-corrected chi connectivity index (χ2v) is 7.65. The number of aryl methyl sites for hydroxylation is 2. The molecule has 31 heavy (non-hydrogen) atoms. The lowest BCUT2D eigenvalue weighted by atomic mass is 9.86. The number of pyridine rings is 1. The van der Waals surface area contributed by atoms with Gasteiger partial charge < -0.3 is 10.6 Å². The summed E-state index contributed by atoms with van der Waals surface area (Å²) >= 11 is 0. The molecule has 0 saturated heterocycles. The summed E-state index contributed by atoms with van der Waals surface area (Å²) in [6.45, 7) is 3.85. The minimum absolute atomic E-state index is 0.125. The van der Waals surface area contributed by atoms with Crippen molar-refractivity contribution in [1.82, 2.24) is 10.3 Å². The average Bonchev–Trinajstić information content (AvgIpc) is 2.75. The fourth-order valence-electron chi connectivity index (χ4n) is 3.69. The Labute approximate surface area is 180 Å². The first-order valence-corrected chi connectivity index (χ1v) is 10.0. The second-order valence-electron chi connectivity index (χ2n) is 7.65. The van der Waals surface area contributed by atoms with Crippen LogP contribution in [0.3, 0.4) is 0 Å². The maximum atomic E-state index is 13.3. The normalized spacial score (nSPS) is 15.8. The van der Waals surface area contributed by atoms with Crippen molar-refractivity contribution in [1.29, 1.82) is 0 Å². The molecule has 6 heteroatoms. The van der Waals surface area contributed by atoms with Gasteiger partial charge in [0.15, 0.2) is 0 Å². The van der Waals surface area contributed by atoms with Gasteiger partial charge in [-0.3, -0.25) is 14.6 Å². The zero-order valence-electron chi connectivity index (χ0n) is 17.3. The molecule has 0 bridgehead atoms. The zero-order valence-corrected chi connectivity index (χ0v) is 17.3. The third kappa shape index (κ3) is 4.53. The van der Waals surface area contributed by atoms with Crippen LogP contribution in [0.4, 0.5) is 10.1 Å². The Kier molecular flexibility index (Phi) is 5.62. The van der Waals surface area contributed by atoms with Crippen molar-refractivity contribution < 1.29 is 14.0 Å². The average molecular weight is 415 g/mol. The monoisotopic (exact) mass is 415 g/mol. The molecule has 1 atom stereocenters. The number of hydrogen-bond donors (Lipinski definition) is 2. The maximum Gasteiger partial charge on any atom is 0.253 e. The lowest BCUT2D eigenvalue weighted by Gasteiger charge is -2.24. The smallest absolute Gasteiger partial charge is 0.253 e. The highest BCUT2D eigenvalue weighted by Crippen LogP contribution is 2.32. The number of nitrogens with one attached hydrogen (secondary N) is 2. The van der Waals surface area contributed by atoms with E-state index < -0.39 is 5.92 Å². The highest BCUT2D eigenvalue weighted by atomic mass is 19.1. The molecule has 2 amide bonds. The Hall–Kier alpha value is -3.80. The van der Waals surface area contributed by atoms with Crippen LogP contribution >= 0.6 is 0 Å². The summed E-state index contributed by atoms with van der Waals surface area (Å²) in [5.74, 6) is -1.30. The Morgan fingerprint density at radius 2 is 1.81 bits per heavy atom. The molecule has 2 heterocycles. The van der Waals surface area contributed by atoms with Crippen molar-refractivity contribution in [2.45, 2.75) is 26.2 Å². The van der Waals surface area contributed by atoms with Crippen LogP contribution in [-0.2, 0) is 9.59 Å². The van der Waals surface area contributed by atoms with E-state index in [-0.39, 0.29) is 24.1 Å². The van der Waals surface area contributed by atoms with E-state index in [1.165, 1.54) is 18.3 Å². The number of amides is 2. The first kappa shape index (κ1) is 20.5. The molecule has 0 aliphatic carbocycles. The van der Waals surface area contributed by atoms with Crippen LogP contribution in [0.5, 0.6) is 0 Å². The SMILES string of the molecule is Cc1cc(-c2ccc(C)c(NC(=O)C3=CNC(=O)C[C@H]3c3ccc(F)cc3)c2)ccn1. The van der Waals surface area contributed by atoms with Gasteiger partial charge >= 0.3 is 0 Å². The Balaban J connectivity index is 1.62. The predicted molar refractivity (Wildman–Crippen MR) is 118 cm³/mol. The first-order chi connectivity index (χ1) is 14.9. The number of aromatic nitrogens is 1. The van der Waals surface area contributed by atoms with Gasteiger partial charge in [-0.15, -0.1) is 0 Å². The number of nitrogens with zero attached hydrogens (tertiary/aromatic N) is 1. The number of anilines is 1. The van der Waals surface area contributed by atoms with Gasteiger partial charge in [-0.05, 0) is 66.4 Å². The topological polar surface area (TPSA) is 71.1 Å². The quantitative estimate of drug-likeness (QED) is 0.653. The van der Waals surface area contributed by atoms with E-state index in [9.17, 15) is 14.0 Å². The number of benzene rings is 2. The molecule has 0 unspecified atom stereocenters. The number of carbonyl (C=O) groups excluding carboxylic acids is 2. The van der Waals surface area contributed by atoms with Gasteiger partial charge in [0.2, 0.25) is 5.91 Å². The molecule has 1 aliphatic heterocycles. The second kappa shape index (κ2) is 8.52. The van der Waals surface area contributed by atoms with E-state index >= 15 is 0 Å². The highest BCUT2D eigenvalue weighted by Gasteiger charge is 2.29. The summed E-state index contributed by atoms with van der Waals surface area (Å²) in [5.41, 5.74) is 5.64. The van der Waals surface area contributed by atoms with Crippen LogP contribution in [0.1, 0.15) is 29.2 Å². The summed E-state index contributed by atoms with van der Waals surface area (Å²) < 4.78 is 13.3. The van der Waals surface area contributed by atoms with Crippen molar-refractivity contribution in [2.75, 3.05) is 5.32 Å². The molecular formula is C25H22FN3O2. The van der Waals surface area contributed by atoms with Gasteiger partial charge in [-0.25, -0.2) is 4.39 Å². The van der Waals surface area contributed by atoms with Crippen molar-refractivity contribution in [3.05, 3.63) is 95.2 Å². The first-order valence-electron chi connectivity index (χ1n) is 10.0. The third-order valence-corrected chi connectivity index (χ3v) is 5.40. The number of hydrogen-bond acceptors (Lipinski definition) is 3. The number of halogens is 1. The number of carbonyl (C=O) groups is 2. The molecule has 0 fully saturated rings. The fraction of sp³-hybridized carbons (Fsp3) is 0.160. The van der Waals surface area contributed by atoms with Crippen LogP contribution in [0, 0.1) is 19.7 Å². The molecular weight excluding hydrogens is 393 g/mol. The lowest BCUT2D eigenvalue weighted by Crippen LogP contribution is -2.32. The minimum Gasteiger partial charge on any atom is -0.332 e. The van der Waals surface area contributed by atoms with E-state index in [0.29, 0.717) is 11.3 Å². The van der Waals surface area contributed by atoms with Gasteiger partial charge in [0.25, 0.3) is 5.91 Å². The van der Waals surface area contributed by atoms with E-state index in [1.54, 1.807) is 18.3 Å². The van der Waals surface area contributed by atoms with E-state index in [4.69, 9.17) is 0 Å². The number of rotatable bonds is 4. The molecule has 1 aromatic heterocycles. The maximum absolute atomic E-state index is 13.3. The predicted octanol–water partition coefficient (Wildman–Crippen LogP) is 4.63. The Bertz CT molecular complexity index is 1190. The summed E-state index contributed by atoms with van der Waals surface area (Å²) in [6, 6.07) is 15.7. The van der Waals surface area contributed by atoms with Crippen LogP contribution in [-0.4, -0.2) is 16.8 Å². The highest BCUT2D eigenvalue weighted by molar-refractivity contribution is 6.07. The van der Waals surface area contributed by atoms with E-state index in [0.717, 1.165) is 27.9 Å². The standard InChI is InChI=1S/C25H22FN3O2/c1-15-3-4-18(19-9-10-27-16(2)11-19)12-23(15)29-25(31)22-14-28-24(30)13-21(22)17-5-7-20(26)8-6-17/h3-12,14,21H,13H2,1-2H3,(H,28,30)(H,29,31)/t21-/m0/s1. The van der Waals surface area contributed by atoms with Crippen molar-refractivity contribution >= 4 is 17.5 Å². The van der Waals surface area contributed by atoms with Crippen LogP contribution in [0.25, 0.3) is 11.1 Å². The molecule has 156 valence electrons. The van der Waals surface area contributed by atoms with Crippen molar-refractivity contribution in [3.8, 4) is 11.1 Å². The van der Waals surface area contributed by atoms with Gasteiger partial charge in [0, 0.05) is 41.7 Å². The molecule has 0 saturated carbocycles. The molecule has 3 aromatic rings. The molecule has 1 aliphatic rings. The molecule has 2 N–H and O–H groups in total. The largest absolute Gasteiger partial charge is 0.332 e. The zero-order chi connectivity index (χ0) is 22.0. The van der Waals surface area contributed by atoms with Crippen LogP contribution in [0.2, 0.25) is 0 Å². The Morgan fingerprint density at radius 1 is 1.06 bits per heavy atom. The van der Waals surface area contributed by atoms with Crippen molar-refractivity contribution in [2.24, 2.45) is 0 Å². The molecule has 5 nitrogen and oxygen atoms in total. The van der Waals surface area contributed by atoms with Crippen LogP contribution in [0.15, 0.2) is 72.6 Å².